The van der Waals surface area contributed by atoms with Crippen molar-refractivity contribution in [2.24, 2.45) is 11.8 Å². The second-order valence-corrected chi connectivity index (χ2v) is 12.8. The van der Waals surface area contributed by atoms with Gasteiger partial charge in [-0.1, -0.05) is 37.8 Å². The number of carbonyl (C=O) groups excluding carboxylic acids is 5. The second kappa shape index (κ2) is 14.2. The molecule has 4 atom stereocenters. The van der Waals surface area contributed by atoms with E-state index in [1.807, 2.05) is 11.0 Å². The maximum Gasteiger partial charge on any atom is 0.412 e. The summed E-state index contributed by atoms with van der Waals surface area (Å²) in [4.78, 5) is 67.0. The summed E-state index contributed by atoms with van der Waals surface area (Å²) in [5.74, 6) is -1.03. The molecule has 2 saturated heterocycles. The van der Waals surface area contributed by atoms with E-state index < -0.39 is 29.7 Å². The fourth-order valence-electron chi connectivity index (χ4n) is 6.31. The third kappa shape index (κ3) is 8.42. The molecular formula is C32H44N4O8. The number of morpholine rings is 1. The van der Waals surface area contributed by atoms with E-state index in [9.17, 15) is 24.0 Å². The van der Waals surface area contributed by atoms with E-state index in [2.05, 4.69) is 16.0 Å². The zero-order valence-corrected chi connectivity index (χ0v) is 25.7. The molecule has 44 heavy (non-hydrogen) atoms. The minimum atomic E-state index is -0.885. The molecule has 1 aromatic rings. The highest BCUT2D eigenvalue weighted by Crippen LogP contribution is 2.34. The Balaban J connectivity index is 1.29. The molecule has 3 aliphatic heterocycles. The number of epoxide rings is 1. The molecule has 4 aliphatic rings. The molecule has 3 heterocycles. The molecule has 3 amide bonds. The van der Waals surface area contributed by atoms with Crippen molar-refractivity contribution in [3.8, 4) is 5.75 Å². The van der Waals surface area contributed by atoms with Gasteiger partial charge in [0.15, 0.2) is 11.6 Å². The number of ether oxygens (including phenoxy) is 3. The van der Waals surface area contributed by atoms with Crippen LogP contribution in [0, 0.1) is 11.8 Å². The molecule has 12 nitrogen and oxygen atoms in total. The fraction of sp³-hybridized carbons (Fsp3) is 0.656. The largest absolute Gasteiger partial charge is 0.412 e. The van der Waals surface area contributed by atoms with Crippen LogP contribution in [0.4, 0.5) is 4.79 Å². The summed E-state index contributed by atoms with van der Waals surface area (Å²) >= 11 is 0. The zero-order chi connectivity index (χ0) is 31.3. The van der Waals surface area contributed by atoms with E-state index in [0.29, 0.717) is 57.5 Å². The zero-order valence-electron chi connectivity index (χ0n) is 25.7. The number of ketones is 2. The van der Waals surface area contributed by atoms with Crippen molar-refractivity contribution >= 4 is 29.5 Å². The number of hydrogen-bond donors (Lipinski definition) is 3. The van der Waals surface area contributed by atoms with Crippen LogP contribution in [-0.4, -0.2) is 91.5 Å². The molecule has 4 unspecified atom stereocenters. The minimum Gasteiger partial charge on any atom is -0.410 e. The van der Waals surface area contributed by atoms with E-state index >= 15 is 0 Å². The average molecular weight is 613 g/mol. The van der Waals surface area contributed by atoms with Crippen molar-refractivity contribution in [2.75, 3.05) is 39.5 Å². The lowest BCUT2D eigenvalue weighted by molar-refractivity contribution is -0.134. The highest BCUT2D eigenvalue weighted by Gasteiger charge is 2.50. The van der Waals surface area contributed by atoms with Crippen molar-refractivity contribution in [3.63, 3.8) is 0 Å². The van der Waals surface area contributed by atoms with Gasteiger partial charge < -0.3 is 30.2 Å². The molecule has 1 aliphatic carbocycles. The predicted octanol–water partition coefficient (Wildman–Crippen LogP) is 1.67. The van der Waals surface area contributed by atoms with Crippen LogP contribution >= 0.6 is 0 Å². The molecule has 0 radical (unpaired) electrons. The van der Waals surface area contributed by atoms with Gasteiger partial charge in [0.1, 0.15) is 11.4 Å². The second-order valence-electron chi connectivity index (χ2n) is 12.8. The number of carbonyl (C=O) groups is 5. The van der Waals surface area contributed by atoms with Gasteiger partial charge in [-0.25, -0.2) is 4.79 Å². The number of nitrogens with one attached hydrogen (secondary N) is 3. The number of rotatable bonds is 14. The Morgan fingerprint density at radius 2 is 1.84 bits per heavy atom. The van der Waals surface area contributed by atoms with E-state index in [4.69, 9.17) is 14.2 Å². The topological polar surface area (TPSA) is 156 Å². The van der Waals surface area contributed by atoms with Crippen LogP contribution in [0.25, 0.3) is 0 Å². The number of amides is 3. The SMILES string of the molecule is CC(NC(=O)CN1CCOCC1)C(=O)CC(Cc1ccc2c(c1)CNC(=O)O2)C(=O)NC(CC1CCCC1)C(=O)C1(C)CO1. The first-order valence-corrected chi connectivity index (χ1v) is 15.8. The lowest BCUT2D eigenvalue weighted by atomic mass is 9.88. The number of Topliss-reactive ketones (excluding diaryl/α,β-unsaturated/α-hetero) is 2. The molecule has 1 saturated carbocycles. The molecule has 12 heteroatoms. The third-order valence-electron chi connectivity index (χ3n) is 9.16. The van der Waals surface area contributed by atoms with Crippen LogP contribution in [0.5, 0.6) is 5.75 Å². The van der Waals surface area contributed by atoms with Gasteiger partial charge in [0.25, 0.3) is 0 Å². The Hall–Kier alpha value is -3.35. The van der Waals surface area contributed by atoms with Crippen LogP contribution in [0.1, 0.15) is 63.5 Å². The third-order valence-corrected chi connectivity index (χ3v) is 9.16. The Kier molecular flexibility index (Phi) is 10.3. The smallest absolute Gasteiger partial charge is 0.410 e. The van der Waals surface area contributed by atoms with Crippen molar-refractivity contribution in [2.45, 2.75) is 83.0 Å². The van der Waals surface area contributed by atoms with Crippen LogP contribution < -0.4 is 20.7 Å². The molecule has 0 spiro atoms. The van der Waals surface area contributed by atoms with E-state index in [1.54, 1.807) is 26.0 Å². The Morgan fingerprint density at radius 3 is 2.55 bits per heavy atom. The predicted molar refractivity (Wildman–Crippen MR) is 159 cm³/mol. The lowest BCUT2D eigenvalue weighted by Gasteiger charge is -2.27. The van der Waals surface area contributed by atoms with Gasteiger partial charge >= 0.3 is 6.09 Å². The molecular weight excluding hydrogens is 568 g/mol. The number of hydrogen-bond acceptors (Lipinski definition) is 9. The normalized spacial score (nSPS) is 23.8. The number of nitrogens with zero attached hydrogens (tertiary/aromatic N) is 1. The molecule has 3 fully saturated rings. The Bertz CT molecular complexity index is 1250. The summed E-state index contributed by atoms with van der Waals surface area (Å²) in [6, 6.07) is 3.82. The van der Waals surface area contributed by atoms with Crippen LogP contribution in [0.3, 0.4) is 0 Å². The molecule has 240 valence electrons. The first-order valence-electron chi connectivity index (χ1n) is 15.8. The van der Waals surface area contributed by atoms with Gasteiger partial charge in [-0.3, -0.25) is 24.1 Å². The summed E-state index contributed by atoms with van der Waals surface area (Å²) in [7, 11) is 0. The van der Waals surface area contributed by atoms with E-state index in [1.165, 1.54) is 0 Å². The van der Waals surface area contributed by atoms with Gasteiger partial charge in [0.2, 0.25) is 11.8 Å². The van der Waals surface area contributed by atoms with E-state index in [-0.39, 0.29) is 42.8 Å². The Morgan fingerprint density at radius 1 is 1.11 bits per heavy atom. The monoisotopic (exact) mass is 612 g/mol. The minimum absolute atomic E-state index is 0.118. The van der Waals surface area contributed by atoms with Crippen LogP contribution in [-0.2, 0) is 41.6 Å². The molecule has 0 aromatic heterocycles. The standard InChI is InChI=1S/C32H44N4O8/c1-20(34-28(38)18-36-9-11-42-12-10-36)26(37)16-23(13-22-7-8-27-24(14-22)17-33-31(41)44-27)30(40)35-25(15-21-5-3-4-6-21)29(39)32(2)19-43-32/h7-8,14,20-21,23,25H,3-6,9-13,15-19H2,1-2H3,(H,33,41)(H,34,38)(H,35,40). The summed E-state index contributed by atoms with van der Waals surface area (Å²) in [6.45, 7) is 6.61. The average Bonchev–Trinajstić information content (AvgIpc) is 3.54. The summed E-state index contributed by atoms with van der Waals surface area (Å²) in [5, 5.41) is 8.43. The molecule has 3 N–H and O–H groups in total. The first-order chi connectivity index (χ1) is 21.1. The van der Waals surface area contributed by atoms with Gasteiger partial charge in [-0.15, -0.1) is 0 Å². The molecule has 5 rings (SSSR count). The first kappa shape index (κ1) is 32.1. The summed E-state index contributed by atoms with van der Waals surface area (Å²) in [5.41, 5.74) is 0.672. The fourth-order valence-corrected chi connectivity index (χ4v) is 6.31. The highest BCUT2D eigenvalue weighted by atomic mass is 16.6. The van der Waals surface area contributed by atoms with E-state index in [0.717, 1.165) is 36.8 Å². The highest BCUT2D eigenvalue weighted by molar-refractivity contribution is 5.98. The molecule has 1 aromatic carbocycles. The quantitative estimate of drug-likeness (QED) is 0.266. The lowest BCUT2D eigenvalue weighted by Crippen LogP contribution is -2.50. The van der Waals surface area contributed by atoms with Gasteiger partial charge in [0, 0.05) is 37.5 Å². The van der Waals surface area contributed by atoms with Gasteiger partial charge in [-0.2, -0.15) is 0 Å². The number of fused-ring (bicyclic) bond motifs is 1. The summed E-state index contributed by atoms with van der Waals surface area (Å²) < 4.78 is 16.0. The van der Waals surface area contributed by atoms with Crippen molar-refractivity contribution in [1.29, 1.82) is 0 Å². The Labute approximate surface area is 257 Å². The van der Waals surface area contributed by atoms with Crippen molar-refractivity contribution in [1.82, 2.24) is 20.9 Å². The molecule has 0 bridgehead atoms. The van der Waals surface area contributed by atoms with Crippen molar-refractivity contribution < 1.29 is 38.2 Å². The summed E-state index contributed by atoms with van der Waals surface area (Å²) in [6.07, 6.45) is 4.41. The van der Waals surface area contributed by atoms with Crippen LogP contribution in [0.15, 0.2) is 18.2 Å². The van der Waals surface area contributed by atoms with Gasteiger partial charge in [-0.05, 0) is 44.2 Å². The van der Waals surface area contributed by atoms with Crippen LogP contribution in [0.2, 0.25) is 0 Å². The van der Waals surface area contributed by atoms with Crippen molar-refractivity contribution in [3.05, 3.63) is 29.3 Å². The maximum atomic E-state index is 13.9. The van der Waals surface area contributed by atoms with Gasteiger partial charge in [0.05, 0.1) is 38.4 Å². The number of benzene rings is 1. The maximum absolute atomic E-state index is 13.9.